The van der Waals surface area contributed by atoms with Crippen LogP contribution in [0.5, 0.6) is 0 Å². The molecule has 0 bridgehead atoms. The number of carbonyl (C=O) groups excluding carboxylic acids is 2. The predicted octanol–water partition coefficient (Wildman–Crippen LogP) is 6.12. The molecule has 1 aliphatic carbocycles. The third-order valence-corrected chi connectivity index (χ3v) is 8.78. The number of benzene rings is 1. The zero-order valence-corrected chi connectivity index (χ0v) is 21.3. The highest BCUT2D eigenvalue weighted by molar-refractivity contribution is 8.00. The molecule has 9 heteroatoms. The molecular formula is C25H23N3O3S3. The molecule has 0 fully saturated rings. The number of hydrogen-bond donors (Lipinski definition) is 1. The topological polar surface area (TPSA) is 81.2 Å². The maximum Gasteiger partial charge on any atom is 0.341 e. The molecule has 0 saturated carbocycles. The maximum absolute atomic E-state index is 12.9. The van der Waals surface area contributed by atoms with Gasteiger partial charge in [-0.15, -0.1) is 22.7 Å². The van der Waals surface area contributed by atoms with E-state index in [4.69, 9.17) is 4.74 Å². The number of fused-ring (bicyclic) bond motifs is 3. The highest BCUT2D eigenvalue weighted by atomic mass is 32.2. The molecule has 3 heterocycles. The highest BCUT2D eigenvalue weighted by Crippen LogP contribution is 2.40. The van der Waals surface area contributed by atoms with Crippen LogP contribution in [0.3, 0.4) is 0 Å². The summed E-state index contributed by atoms with van der Waals surface area (Å²) < 4.78 is 5.30. The third kappa shape index (κ3) is 4.47. The smallest absolute Gasteiger partial charge is 0.341 e. The van der Waals surface area contributed by atoms with Gasteiger partial charge in [-0.2, -0.15) is 0 Å². The van der Waals surface area contributed by atoms with Crippen LogP contribution in [0.15, 0.2) is 41.0 Å². The van der Waals surface area contributed by atoms with Crippen molar-refractivity contribution in [2.45, 2.75) is 38.1 Å². The number of thiophene rings is 2. The predicted molar refractivity (Wildman–Crippen MR) is 139 cm³/mol. The van der Waals surface area contributed by atoms with E-state index in [9.17, 15) is 9.59 Å². The maximum atomic E-state index is 12.9. The molecule has 0 aliphatic heterocycles. The molecule has 5 rings (SSSR count). The summed E-state index contributed by atoms with van der Waals surface area (Å²) in [6, 6.07) is 7.95. The number of hydrogen-bond acceptors (Lipinski definition) is 8. The normalized spacial score (nSPS) is 12.6. The number of thioether (sulfide) groups is 1. The number of carbonyl (C=O) groups is 2. The van der Waals surface area contributed by atoms with Crippen LogP contribution in [0, 0.1) is 6.92 Å². The van der Waals surface area contributed by atoms with E-state index in [2.05, 4.69) is 15.3 Å². The number of aryl methyl sites for hydroxylation is 3. The van der Waals surface area contributed by atoms with Crippen LogP contribution < -0.4 is 5.32 Å². The van der Waals surface area contributed by atoms with Crippen LogP contribution in [-0.2, 0) is 22.4 Å². The molecule has 6 nitrogen and oxygen atoms in total. The first-order chi connectivity index (χ1) is 16.5. The van der Waals surface area contributed by atoms with Gasteiger partial charge in [0, 0.05) is 21.2 Å². The highest BCUT2D eigenvalue weighted by Gasteiger charge is 2.24. The van der Waals surface area contributed by atoms with Gasteiger partial charge >= 0.3 is 5.97 Å². The first-order valence-electron chi connectivity index (χ1n) is 11.1. The Hall–Kier alpha value is -2.75. The van der Waals surface area contributed by atoms with Gasteiger partial charge in [0.05, 0.1) is 12.4 Å². The second kappa shape index (κ2) is 9.85. The molecule has 4 aromatic rings. The van der Waals surface area contributed by atoms with Crippen molar-refractivity contribution in [1.82, 2.24) is 9.97 Å². The van der Waals surface area contributed by atoms with Crippen LogP contribution in [0.1, 0.15) is 39.7 Å². The zero-order valence-electron chi connectivity index (χ0n) is 18.8. The van der Waals surface area contributed by atoms with E-state index >= 15 is 0 Å². The quantitative estimate of drug-likeness (QED) is 0.184. The van der Waals surface area contributed by atoms with Crippen LogP contribution in [0.25, 0.3) is 21.3 Å². The number of aromatic nitrogens is 2. The Morgan fingerprint density at radius 2 is 2.00 bits per heavy atom. The minimum absolute atomic E-state index is 0.188. The molecule has 1 aliphatic rings. The Labute approximate surface area is 209 Å². The average Bonchev–Trinajstić information content (AvgIpc) is 3.53. The SMILES string of the molecule is CCOC(=O)c1c(-c2ccc(C)cc2)csc1NC(=O)CSc1ncnc2sc3c(c12)CCC3. The molecule has 1 N–H and O–H groups in total. The molecule has 174 valence electrons. The summed E-state index contributed by atoms with van der Waals surface area (Å²) in [6.07, 6.45) is 4.87. The average molecular weight is 510 g/mol. The van der Waals surface area contributed by atoms with Gasteiger partial charge in [0.15, 0.2) is 0 Å². The van der Waals surface area contributed by atoms with Gasteiger partial charge in [0.2, 0.25) is 5.91 Å². The summed E-state index contributed by atoms with van der Waals surface area (Å²) >= 11 is 4.48. The summed E-state index contributed by atoms with van der Waals surface area (Å²) in [4.78, 5) is 37.0. The number of amides is 1. The van der Waals surface area contributed by atoms with Crippen molar-refractivity contribution in [3.05, 3.63) is 57.5 Å². The molecule has 1 amide bonds. The zero-order chi connectivity index (χ0) is 23.7. The summed E-state index contributed by atoms with van der Waals surface area (Å²) in [6.45, 7) is 4.05. The number of anilines is 1. The number of esters is 1. The number of nitrogens with zero attached hydrogens (tertiary/aromatic N) is 2. The lowest BCUT2D eigenvalue weighted by molar-refractivity contribution is -0.113. The van der Waals surface area contributed by atoms with Crippen LogP contribution in [-0.4, -0.2) is 34.2 Å². The molecule has 3 aromatic heterocycles. The molecule has 0 atom stereocenters. The minimum atomic E-state index is -0.436. The fraction of sp³-hybridized carbons (Fsp3) is 0.280. The van der Waals surface area contributed by atoms with Crippen molar-refractivity contribution >= 4 is 61.5 Å². The van der Waals surface area contributed by atoms with Gasteiger partial charge in [-0.25, -0.2) is 14.8 Å². The summed E-state index contributed by atoms with van der Waals surface area (Å²) in [7, 11) is 0. The van der Waals surface area contributed by atoms with Crippen molar-refractivity contribution in [1.29, 1.82) is 0 Å². The Kier molecular flexibility index (Phi) is 6.67. The Morgan fingerprint density at radius 1 is 1.18 bits per heavy atom. The van der Waals surface area contributed by atoms with Gasteiger partial charge in [0.1, 0.15) is 26.7 Å². The Balaban J connectivity index is 1.36. The first kappa shape index (κ1) is 23.0. The summed E-state index contributed by atoms with van der Waals surface area (Å²) in [5, 5.41) is 7.27. The van der Waals surface area contributed by atoms with Crippen LogP contribution in [0.2, 0.25) is 0 Å². The Bertz CT molecular complexity index is 1380. The Morgan fingerprint density at radius 3 is 2.79 bits per heavy atom. The lowest BCUT2D eigenvalue weighted by Crippen LogP contribution is -2.16. The second-order valence-corrected chi connectivity index (χ2v) is 10.9. The van der Waals surface area contributed by atoms with Gasteiger partial charge in [-0.3, -0.25) is 4.79 Å². The molecular weight excluding hydrogens is 486 g/mol. The van der Waals surface area contributed by atoms with Crippen molar-refractivity contribution < 1.29 is 14.3 Å². The number of ether oxygens (including phenoxy) is 1. The monoisotopic (exact) mass is 509 g/mol. The van der Waals surface area contributed by atoms with Gasteiger partial charge in [-0.05, 0) is 44.2 Å². The fourth-order valence-electron chi connectivity index (χ4n) is 4.11. The van der Waals surface area contributed by atoms with Gasteiger partial charge < -0.3 is 10.1 Å². The molecule has 0 radical (unpaired) electrons. The standard InChI is InChI=1S/C25H23N3O3S3/c1-3-31-25(30)21-17(15-9-7-14(2)8-10-15)11-32-24(21)28-19(29)12-33-22-20-16-5-4-6-18(16)34-23(20)27-13-26-22/h7-11,13H,3-6,12H2,1-2H3,(H,28,29). The minimum Gasteiger partial charge on any atom is -0.462 e. The first-order valence-corrected chi connectivity index (χ1v) is 13.8. The second-order valence-electron chi connectivity index (χ2n) is 7.99. The third-order valence-electron chi connectivity index (χ3n) is 5.69. The van der Waals surface area contributed by atoms with Crippen molar-refractivity contribution in [2.24, 2.45) is 0 Å². The molecule has 34 heavy (non-hydrogen) atoms. The lowest BCUT2D eigenvalue weighted by Gasteiger charge is -2.09. The lowest BCUT2D eigenvalue weighted by atomic mass is 10.0. The van der Waals surface area contributed by atoms with E-state index in [0.29, 0.717) is 10.6 Å². The summed E-state index contributed by atoms with van der Waals surface area (Å²) in [5.74, 6) is -0.434. The van der Waals surface area contributed by atoms with Crippen LogP contribution in [0.4, 0.5) is 5.00 Å². The molecule has 0 spiro atoms. The van der Waals surface area contributed by atoms with E-state index in [1.54, 1.807) is 24.6 Å². The molecule has 0 unspecified atom stereocenters. The molecule has 1 aromatic carbocycles. The van der Waals surface area contributed by atoms with E-state index < -0.39 is 5.97 Å². The van der Waals surface area contributed by atoms with E-state index in [1.807, 2.05) is 36.6 Å². The molecule has 0 saturated heterocycles. The summed E-state index contributed by atoms with van der Waals surface area (Å²) in [5.41, 5.74) is 4.55. The largest absolute Gasteiger partial charge is 0.462 e. The van der Waals surface area contributed by atoms with E-state index in [1.165, 1.54) is 33.5 Å². The van der Waals surface area contributed by atoms with Gasteiger partial charge in [-0.1, -0.05) is 41.6 Å². The van der Waals surface area contributed by atoms with E-state index in [0.717, 1.165) is 51.2 Å². The van der Waals surface area contributed by atoms with Crippen molar-refractivity contribution in [2.75, 3.05) is 17.7 Å². The fourth-order valence-corrected chi connectivity index (χ4v) is 7.20. The van der Waals surface area contributed by atoms with Gasteiger partial charge in [0.25, 0.3) is 0 Å². The number of nitrogens with one attached hydrogen (secondary N) is 1. The van der Waals surface area contributed by atoms with Crippen molar-refractivity contribution in [3.63, 3.8) is 0 Å². The van der Waals surface area contributed by atoms with Crippen molar-refractivity contribution in [3.8, 4) is 11.1 Å². The van der Waals surface area contributed by atoms with Crippen LogP contribution >= 0.6 is 34.4 Å². The number of rotatable bonds is 7. The van der Waals surface area contributed by atoms with E-state index in [-0.39, 0.29) is 18.3 Å².